The van der Waals surface area contributed by atoms with E-state index in [0.29, 0.717) is 0 Å². The fourth-order valence-corrected chi connectivity index (χ4v) is 2.47. The summed E-state index contributed by atoms with van der Waals surface area (Å²) >= 11 is 0. The van der Waals surface area contributed by atoms with Gasteiger partial charge in [-0.1, -0.05) is 6.07 Å². The lowest BCUT2D eigenvalue weighted by atomic mass is 9.99. The first-order valence-corrected chi connectivity index (χ1v) is 6.69. The number of hydrogen-bond donors (Lipinski definition) is 2. The highest BCUT2D eigenvalue weighted by Crippen LogP contribution is 2.19. The largest absolute Gasteiger partial charge is 0.326 e. The van der Waals surface area contributed by atoms with Crippen LogP contribution in [0.25, 0.3) is 10.9 Å². The van der Waals surface area contributed by atoms with Gasteiger partial charge in [-0.2, -0.15) is 0 Å². The molecule has 0 bridgehead atoms. The van der Waals surface area contributed by atoms with Crippen molar-refractivity contribution >= 4 is 47.3 Å². The molecule has 0 aliphatic carbocycles. The zero-order valence-electron chi connectivity index (χ0n) is 11.5. The number of carbonyl (C=O) groups excluding carboxylic acids is 1. The molecule has 1 aliphatic heterocycles. The Morgan fingerprint density at radius 1 is 1.29 bits per heavy atom. The number of rotatable bonds is 2. The molecule has 2 aromatic rings. The Labute approximate surface area is 136 Å². The number of pyridine rings is 1. The molecule has 1 fully saturated rings. The Morgan fingerprint density at radius 3 is 2.90 bits per heavy atom. The molecular formula is C15H19Cl2N3O. The molecule has 1 unspecified atom stereocenters. The molecule has 1 atom stereocenters. The van der Waals surface area contributed by atoms with Gasteiger partial charge < -0.3 is 10.6 Å². The summed E-state index contributed by atoms with van der Waals surface area (Å²) in [7, 11) is 0. The second-order valence-corrected chi connectivity index (χ2v) is 4.94. The van der Waals surface area contributed by atoms with Crippen molar-refractivity contribution in [3.8, 4) is 0 Å². The fraction of sp³-hybridized carbons (Fsp3) is 0.333. The van der Waals surface area contributed by atoms with Crippen molar-refractivity contribution in [2.24, 2.45) is 5.92 Å². The van der Waals surface area contributed by atoms with Crippen molar-refractivity contribution < 1.29 is 4.79 Å². The summed E-state index contributed by atoms with van der Waals surface area (Å²) in [6.07, 6.45) is 3.81. The van der Waals surface area contributed by atoms with Gasteiger partial charge in [-0.3, -0.25) is 9.78 Å². The average Bonchev–Trinajstić information content (AvgIpc) is 2.48. The first kappa shape index (κ1) is 17.7. The third kappa shape index (κ3) is 4.30. The van der Waals surface area contributed by atoms with E-state index in [2.05, 4.69) is 15.6 Å². The SMILES string of the molecule is Cl.Cl.O=C(Nc1ccc2ncccc2c1)C1CCCNC1. The smallest absolute Gasteiger partial charge is 0.228 e. The van der Waals surface area contributed by atoms with E-state index in [0.717, 1.165) is 42.5 Å². The summed E-state index contributed by atoms with van der Waals surface area (Å²) < 4.78 is 0. The second kappa shape index (κ2) is 8.17. The minimum Gasteiger partial charge on any atom is -0.326 e. The third-order valence-electron chi connectivity index (χ3n) is 3.54. The van der Waals surface area contributed by atoms with Crippen LogP contribution in [0.1, 0.15) is 12.8 Å². The maximum Gasteiger partial charge on any atom is 0.228 e. The molecule has 6 heteroatoms. The van der Waals surface area contributed by atoms with Gasteiger partial charge in [-0.15, -0.1) is 24.8 Å². The van der Waals surface area contributed by atoms with Crippen LogP contribution in [-0.2, 0) is 4.79 Å². The van der Waals surface area contributed by atoms with Gasteiger partial charge >= 0.3 is 0 Å². The van der Waals surface area contributed by atoms with Gasteiger partial charge in [-0.25, -0.2) is 0 Å². The van der Waals surface area contributed by atoms with Crippen LogP contribution in [0.15, 0.2) is 36.5 Å². The van der Waals surface area contributed by atoms with Crippen molar-refractivity contribution in [3.63, 3.8) is 0 Å². The molecule has 1 saturated heterocycles. The van der Waals surface area contributed by atoms with Crippen molar-refractivity contribution in [2.45, 2.75) is 12.8 Å². The maximum atomic E-state index is 12.1. The lowest BCUT2D eigenvalue weighted by Crippen LogP contribution is -2.37. The van der Waals surface area contributed by atoms with Crippen molar-refractivity contribution in [1.82, 2.24) is 10.3 Å². The molecule has 0 radical (unpaired) electrons. The van der Waals surface area contributed by atoms with Crippen LogP contribution in [0.2, 0.25) is 0 Å². The highest BCUT2D eigenvalue weighted by molar-refractivity contribution is 5.95. The highest BCUT2D eigenvalue weighted by Gasteiger charge is 2.20. The van der Waals surface area contributed by atoms with Gasteiger partial charge in [0.15, 0.2) is 0 Å². The number of halogens is 2. The van der Waals surface area contributed by atoms with E-state index in [1.807, 2.05) is 30.3 Å². The Bertz CT molecular complexity index is 600. The number of carbonyl (C=O) groups is 1. The predicted molar refractivity (Wildman–Crippen MR) is 90.5 cm³/mol. The molecule has 114 valence electrons. The molecule has 1 aromatic heterocycles. The second-order valence-electron chi connectivity index (χ2n) is 4.94. The van der Waals surface area contributed by atoms with E-state index in [-0.39, 0.29) is 36.6 Å². The summed E-state index contributed by atoms with van der Waals surface area (Å²) in [4.78, 5) is 16.4. The van der Waals surface area contributed by atoms with Crippen LogP contribution in [0, 0.1) is 5.92 Å². The molecule has 4 nitrogen and oxygen atoms in total. The Kier molecular flexibility index (Phi) is 6.89. The minimum atomic E-state index is 0. The highest BCUT2D eigenvalue weighted by atomic mass is 35.5. The average molecular weight is 328 g/mol. The van der Waals surface area contributed by atoms with Gasteiger partial charge in [0.2, 0.25) is 5.91 Å². The third-order valence-corrected chi connectivity index (χ3v) is 3.54. The number of hydrogen-bond acceptors (Lipinski definition) is 3. The number of piperidine rings is 1. The van der Waals surface area contributed by atoms with Crippen LogP contribution in [0.5, 0.6) is 0 Å². The molecule has 2 N–H and O–H groups in total. The quantitative estimate of drug-likeness (QED) is 0.891. The maximum absolute atomic E-state index is 12.1. The normalized spacial score (nSPS) is 17.4. The van der Waals surface area contributed by atoms with Crippen molar-refractivity contribution in [2.75, 3.05) is 18.4 Å². The van der Waals surface area contributed by atoms with Crippen molar-refractivity contribution in [1.29, 1.82) is 0 Å². The lowest BCUT2D eigenvalue weighted by Gasteiger charge is -2.21. The monoisotopic (exact) mass is 327 g/mol. The first-order chi connectivity index (χ1) is 9.33. The van der Waals surface area contributed by atoms with E-state index in [1.54, 1.807) is 6.20 Å². The van der Waals surface area contributed by atoms with E-state index in [4.69, 9.17) is 0 Å². The van der Waals surface area contributed by atoms with E-state index >= 15 is 0 Å². The van der Waals surface area contributed by atoms with Crippen LogP contribution >= 0.6 is 24.8 Å². The number of benzene rings is 1. The summed E-state index contributed by atoms with van der Waals surface area (Å²) in [6, 6.07) is 9.71. The van der Waals surface area contributed by atoms with Crippen LogP contribution in [-0.4, -0.2) is 24.0 Å². The Morgan fingerprint density at radius 2 is 2.14 bits per heavy atom. The Hall–Kier alpha value is -1.36. The van der Waals surface area contributed by atoms with Crippen LogP contribution in [0.4, 0.5) is 5.69 Å². The topological polar surface area (TPSA) is 54.0 Å². The zero-order valence-corrected chi connectivity index (χ0v) is 13.2. The first-order valence-electron chi connectivity index (χ1n) is 6.69. The Balaban J connectivity index is 0.00000110. The number of anilines is 1. The number of nitrogens with one attached hydrogen (secondary N) is 2. The standard InChI is InChI=1S/C15H17N3O.2ClH/c19-15(12-4-1-7-16-10-12)18-13-5-6-14-11(9-13)3-2-8-17-14;;/h2-3,5-6,8-9,12,16H,1,4,7,10H2,(H,18,19);2*1H. The van der Waals surface area contributed by atoms with Crippen molar-refractivity contribution in [3.05, 3.63) is 36.5 Å². The van der Waals surface area contributed by atoms with Gasteiger partial charge in [0.05, 0.1) is 11.4 Å². The van der Waals surface area contributed by atoms with E-state index in [1.165, 1.54) is 0 Å². The van der Waals surface area contributed by atoms with Gasteiger partial charge in [0.1, 0.15) is 0 Å². The molecular weight excluding hydrogens is 309 g/mol. The van der Waals surface area contributed by atoms with Gasteiger partial charge in [0.25, 0.3) is 0 Å². The molecule has 0 saturated carbocycles. The summed E-state index contributed by atoms with van der Waals surface area (Å²) in [5, 5.41) is 7.30. The van der Waals surface area contributed by atoms with Gasteiger partial charge in [-0.05, 0) is 43.7 Å². The number of amides is 1. The number of nitrogens with zero attached hydrogens (tertiary/aromatic N) is 1. The molecule has 2 heterocycles. The number of fused-ring (bicyclic) bond motifs is 1. The molecule has 1 amide bonds. The molecule has 21 heavy (non-hydrogen) atoms. The van der Waals surface area contributed by atoms with E-state index < -0.39 is 0 Å². The van der Waals surface area contributed by atoms with Crippen LogP contribution in [0.3, 0.4) is 0 Å². The fourth-order valence-electron chi connectivity index (χ4n) is 2.47. The molecule has 1 aromatic carbocycles. The summed E-state index contributed by atoms with van der Waals surface area (Å²) in [6.45, 7) is 1.80. The van der Waals surface area contributed by atoms with Gasteiger partial charge in [0, 0.05) is 23.8 Å². The summed E-state index contributed by atoms with van der Waals surface area (Å²) in [5.41, 5.74) is 1.79. The number of aromatic nitrogens is 1. The zero-order chi connectivity index (χ0) is 13.1. The van der Waals surface area contributed by atoms with Crippen LogP contribution < -0.4 is 10.6 Å². The summed E-state index contributed by atoms with van der Waals surface area (Å²) in [5.74, 6) is 0.189. The minimum absolute atomic E-state index is 0. The molecule has 3 rings (SSSR count). The van der Waals surface area contributed by atoms with E-state index in [9.17, 15) is 4.79 Å². The predicted octanol–water partition coefficient (Wildman–Crippen LogP) is 3.02. The lowest BCUT2D eigenvalue weighted by molar-refractivity contribution is -0.120. The molecule has 0 spiro atoms. The molecule has 1 aliphatic rings.